The summed E-state index contributed by atoms with van der Waals surface area (Å²) in [5, 5.41) is 14.8. The minimum absolute atomic E-state index is 0.0855. The second-order valence-electron chi connectivity index (χ2n) is 7.58. The van der Waals surface area contributed by atoms with E-state index in [2.05, 4.69) is 10.1 Å². The van der Waals surface area contributed by atoms with E-state index in [0.717, 1.165) is 5.69 Å². The third kappa shape index (κ3) is 3.41. The Kier molecular flexibility index (Phi) is 5.19. The zero-order chi connectivity index (χ0) is 19.8. The van der Waals surface area contributed by atoms with E-state index in [4.69, 9.17) is 4.74 Å². The molecule has 1 saturated heterocycles. The number of aliphatic carboxylic acids is 1. The number of methoxy groups -OCH3 is 1. The van der Waals surface area contributed by atoms with Gasteiger partial charge in [-0.15, -0.1) is 0 Å². The molecule has 0 bridgehead atoms. The van der Waals surface area contributed by atoms with Crippen molar-refractivity contribution in [2.75, 3.05) is 26.8 Å². The van der Waals surface area contributed by atoms with E-state index in [1.165, 1.54) is 7.11 Å². The van der Waals surface area contributed by atoms with E-state index in [-0.39, 0.29) is 25.1 Å². The van der Waals surface area contributed by atoms with Crippen LogP contribution in [-0.4, -0.2) is 63.5 Å². The number of fused-ring (bicyclic) bond motifs is 1. The number of carbonyl (C=O) groups excluding carboxylic acids is 1. The summed E-state index contributed by atoms with van der Waals surface area (Å²) < 4.78 is 6.95. The third-order valence-corrected chi connectivity index (χ3v) is 5.15. The second-order valence-corrected chi connectivity index (χ2v) is 7.58. The van der Waals surface area contributed by atoms with Gasteiger partial charge in [0.15, 0.2) is 5.65 Å². The number of piperidine rings is 1. The summed E-state index contributed by atoms with van der Waals surface area (Å²) in [6.07, 6.45) is 2.79. The van der Waals surface area contributed by atoms with Gasteiger partial charge in [-0.1, -0.05) is 0 Å². The van der Waals surface area contributed by atoms with Crippen LogP contribution >= 0.6 is 0 Å². The monoisotopic (exact) mass is 374 g/mol. The topological polar surface area (TPSA) is 97.6 Å². The molecule has 3 rings (SSSR count). The molecule has 0 aliphatic carbocycles. The van der Waals surface area contributed by atoms with Gasteiger partial charge in [-0.25, -0.2) is 9.67 Å². The number of pyridine rings is 1. The van der Waals surface area contributed by atoms with Crippen molar-refractivity contribution >= 4 is 22.9 Å². The van der Waals surface area contributed by atoms with Gasteiger partial charge in [0.25, 0.3) is 5.91 Å². The molecule has 0 aromatic carbocycles. The van der Waals surface area contributed by atoms with E-state index >= 15 is 0 Å². The molecular weight excluding hydrogens is 348 g/mol. The minimum atomic E-state index is -1.06. The molecule has 27 heavy (non-hydrogen) atoms. The summed E-state index contributed by atoms with van der Waals surface area (Å²) in [6.45, 7) is 6.61. The lowest BCUT2D eigenvalue weighted by atomic mass is 9.80. The van der Waals surface area contributed by atoms with Crippen molar-refractivity contribution in [3.05, 3.63) is 23.5 Å². The van der Waals surface area contributed by atoms with Gasteiger partial charge in [0.2, 0.25) is 0 Å². The molecule has 8 heteroatoms. The molecule has 1 aliphatic heterocycles. The number of carboxylic acids is 1. The Hall–Kier alpha value is -2.48. The number of hydrogen-bond donors (Lipinski definition) is 1. The number of aryl methyl sites for hydroxylation is 1. The normalized spacial score (nSPS) is 20.4. The van der Waals surface area contributed by atoms with Crippen LogP contribution in [0.2, 0.25) is 0 Å². The Labute approximate surface area is 158 Å². The van der Waals surface area contributed by atoms with Gasteiger partial charge in [0, 0.05) is 31.9 Å². The predicted octanol–water partition coefficient (Wildman–Crippen LogP) is 2.27. The summed E-state index contributed by atoms with van der Waals surface area (Å²) in [5.74, 6) is -1.11. The number of hydrogen-bond acceptors (Lipinski definition) is 5. The van der Waals surface area contributed by atoms with Gasteiger partial charge >= 0.3 is 5.97 Å². The fraction of sp³-hybridized carbons (Fsp3) is 0.579. The lowest BCUT2D eigenvalue weighted by molar-refractivity contribution is -0.155. The fourth-order valence-corrected chi connectivity index (χ4v) is 3.80. The van der Waals surface area contributed by atoms with Gasteiger partial charge in [-0.2, -0.15) is 5.10 Å². The standard InChI is InChI=1S/C19H26N4O4/c1-12(2)23-16-15(9-20-23)14(8-13(3)21-16)17(24)22-7-5-6-19(10-22,11-27-4)18(25)26/h8-9,12H,5-7,10-11H2,1-4H3,(H,25,26). The SMILES string of the molecule is COCC1(C(=O)O)CCCN(C(=O)c2cc(C)nc3c2cnn3C(C)C)C1. The van der Waals surface area contributed by atoms with Crippen LogP contribution in [0.5, 0.6) is 0 Å². The van der Waals surface area contributed by atoms with Crippen molar-refractivity contribution in [1.82, 2.24) is 19.7 Å². The molecule has 2 aromatic heterocycles. The molecular formula is C19H26N4O4. The Morgan fingerprint density at radius 1 is 1.41 bits per heavy atom. The van der Waals surface area contributed by atoms with Crippen molar-refractivity contribution in [3.8, 4) is 0 Å². The number of ether oxygens (including phenoxy) is 1. The first-order valence-corrected chi connectivity index (χ1v) is 9.15. The Morgan fingerprint density at radius 2 is 2.15 bits per heavy atom. The predicted molar refractivity (Wildman–Crippen MR) is 99.7 cm³/mol. The highest BCUT2D eigenvalue weighted by Crippen LogP contribution is 2.32. The number of amides is 1. The molecule has 8 nitrogen and oxygen atoms in total. The molecule has 3 heterocycles. The highest BCUT2D eigenvalue weighted by atomic mass is 16.5. The Balaban J connectivity index is 1.99. The maximum atomic E-state index is 13.3. The largest absolute Gasteiger partial charge is 0.481 e. The number of nitrogens with zero attached hydrogens (tertiary/aromatic N) is 4. The van der Waals surface area contributed by atoms with Gasteiger partial charge in [-0.05, 0) is 39.7 Å². The molecule has 0 saturated carbocycles. The summed E-state index contributed by atoms with van der Waals surface area (Å²) in [4.78, 5) is 31.3. The maximum Gasteiger partial charge on any atom is 0.313 e. The lowest BCUT2D eigenvalue weighted by Crippen LogP contribution is -2.52. The summed E-state index contributed by atoms with van der Waals surface area (Å²) in [7, 11) is 1.49. The van der Waals surface area contributed by atoms with Crippen molar-refractivity contribution in [3.63, 3.8) is 0 Å². The number of likely N-dealkylation sites (tertiary alicyclic amines) is 1. The average molecular weight is 374 g/mol. The van der Waals surface area contributed by atoms with Crippen LogP contribution in [0, 0.1) is 12.3 Å². The molecule has 0 radical (unpaired) electrons. The number of carboxylic acid groups (broad SMARTS) is 1. The Morgan fingerprint density at radius 3 is 2.78 bits per heavy atom. The number of aromatic nitrogens is 3. The molecule has 2 aromatic rings. The van der Waals surface area contributed by atoms with Gasteiger partial charge < -0.3 is 14.7 Å². The highest BCUT2D eigenvalue weighted by molar-refractivity contribution is 6.05. The first kappa shape index (κ1) is 19.3. The first-order chi connectivity index (χ1) is 12.8. The lowest BCUT2D eigenvalue weighted by Gasteiger charge is -2.39. The molecule has 1 fully saturated rings. The quantitative estimate of drug-likeness (QED) is 0.862. The summed E-state index contributed by atoms with van der Waals surface area (Å²) >= 11 is 0. The van der Waals surface area contributed by atoms with Crippen LogP contribution in [0.1, 0.15) is 48.8 Å². The second kappa shape index (κ2) is 7.26. The van der Waals surface area contributed by atoms with E-state index in [1.807, 2.05) is 20.8 Å². The van der Waals surface area contributed by atoms with Gasteiger partial charge in [0.05, 0.1) is 23.8 Å². The van der Waals surface area contributed by atoms with E-state index in [0.29, 0.717) is 36.0 Å². The zero-order valence-electron chi connectivity index (χ0n) is 16.2. The van der Waals surface area contributed by atoms with Crippen LogP contribution in [0.15, 0.2) is 12.3 Å². The van der Waals surface area contributed by atoms with Crippen LogP contribution < -0.4 is 0 Å². The van der Waals surface area contributed by atoms with Crippen LogP contribution in [0.3, 0.4) is 0 Å². The minimum Gasteiger partial charge on any atom is -0.481 e. The number of rotatable bonds is 5. The van der Waals surface area contributed by atoms with Gasteiger partial charge in [-0.3, -0.25) is 9.59 Å². The first-order valence-electron chi connectivity index (χ1n) is 9.15. The van der Waals surface area contributed by atoms with Crippen LogP contribution in [0.25, 0.3) is 11.0 Å². The summed E-state index contributed by atoms with van der Waals surface area (Å²) in [5.41, 5.74) is 0.854. The van der Waals surface area contributed by atoms with E-state index in [9.17, 15) is 14.7 Å². The van der Waals surface area contributed by atoms with Crippen LogP contribution in [0.4, 0.5) is 0 Å². The van der Waals surface area contributed by atoms with Crippen LogP contribution in [-0.2, 0) is 9.53 Å². The maximum absolute atomic E-state index is 13.3. The number of carbonyl (C=O) groups is 2. The Bertz CT molecular complexity index is 872. The third-order valence-electron chi connectivity index (χ3n) is 5.15. The van der Waals surface area contributed by atoms with Crippen molar-refractivity contribution in [2.45, 2.75) is 39.7 Å². The molecule has 1 unspecified atom stereocenters. The fourth-order valence-electron chi connectivity index (χ4n) is 3.80. The summed E-state index contributed by atoms with van der Waals surface area (Å²) in [6, 6.07) is 1.88. The molecule has 1 atom stereocenters. The van der Waals surface area contributed by atoms with Crippen molar-refractivity contribution in [1.29, 1.82) is 0 Å². The average Bonchev–Trinajstić information content (AvgIpc) is 3.04. The zero-order valence-corrected chi connectivity index (χ0v) is 16.2. The molecule has 146 valence electrons. The van der Waals surface area contributed by atoms with E-state index < -0.39 is 11.4 Å². The molecule has 0 spiro atoms. The highest BCUT2D eigenvalue weighted by Gasteiger charge is 2.44. The molecule has 1 N–H and O–H groups in total. The smallest absolute Gasteiger partial charge is 0.313 e. The molecule has 1 aliphatic rings. The van der Waals surface area contributed by atoms with E-state index in [1.54, 1.807) is 21.8 Å². The van der Waals surface area contributed by atoms with Crippen molar-refractivity contribution in [2.24, 2.45) is 5.41 Å². The molecule has 1 amide bonds. The van der Waals surface area contributed by atoms with Crippen molar-refractivity contribution < 1.29 is 19.4 Å². The van der Waals surface area contributed by atoms with Gasteiger partial charge in [0.1, 0.15) is 5.41 Å².